The molecule has 0 bridgehead atoms. The first-order valence-corrected chi connectivity index (χ1v) is 14.5. The van der Waals surface area contributed by atoms with Gasteiger partial charge in [0, 0.05) is 25.0 Å². The van der Waals surface area contributed by atoms with Gasteiger partial charge in [-0.3, -0.25) is 14.4 Å². The number of carboxylic acids is 1. The Labute approximate surface area is 251 Å². The highest BCUT2D eigenvalue weighted by Gasteiger charge is 2.25. The Balaban J connectivity index is 1.44. The van der Waals surface area contributed by atoms with E-state index in [9.17, 15) is 19.2 Å². The summed E-state index contributed by atoms with van der Waals surface area (Å²) in [4.78, 5) is 53.3. The molecule has 4 rings (SSSR count). The summed E-state index contributed by atoms with van der Waals surface area (Å²) in [5.41, 5.74) is 2.25. The van der Waals surface area contributed by atoms with Crippen molar-refractivity contribution in [1.29, 1.82) is 0 Å². The maximum absolute atomic E-state index is 13.6. The molecule has 0 aliphatic heterocycles. The fourth-order valence-electron chi connectivity index (χ4n) is 5.16. The molecule has 0 spiro atoms. The van der Waals surface area contributed by atoms with E-state index in [0.717, 1.165) is 31.4 Å². The number of carbonyl (C=O) groups excluding carboxylic acids is 3. The highest BCUT2D eigenvalue weighted by molar-refractivity contribution is 5.99. The fraction of sp³-hybridized carbons (Fsp3) is 0.333. The standard InChI is InChI=1S/C33H38N4O6/c1-36(27-15-6-3-7-16-27)31(39)23-43-29-18-9-8-17-28(29)37(22-24-11-4-2-5-12-24)30(38)21-34-33(42)35-26-14-10-13-25(19-26)20-32(40)41/h3,6-10,13-19,24H,2,4-5,11-12,20-23H2,1H3,(H,40,41)(H2,34,35,42). The number of likely N-dealkylation sites (N-methyl/N-ethyl adjacent to an activating group) is 1. The second-order valence-corrected chi connectivity index (χ2v) is 10.6. The monoisotopic (exact) mass is 586 g/mol. The van der Waals surface area contributed by atoms with Gasteiger partial charge in [0.2, 0.25) is 5.91 Å². The molecule has 0 unspecified atom stereocenters. The Bertz CT molecular complexity index is 1410. The third-order valence-electron chi connectivity index (χ3n) is 7.43. The normalized spacial score (nSPS) is 13.0. The zero-order valence-corrected chi connectivity index (χ0v) is 24.3. The second-order valence-electron chi connectivity index (χ2n) is 10.6. The molecular weight excluding hydrogens is 548 g/mol. The number of carbonyl (C=O) groups is 4. The number of anilines is 3. The van der Waals surface area contributed by atoms with Crippen LogP contribution in [0.25, 0.3) is 0 Å². The van der Waals surface area contributed by atoms with Crippen molar-refractivity contribution in [1.82, 2.24) is 5.32 Å². The number of amides is 4. The zero-order valence-electron chi connectivity index (χ0n) is 24.3. The number of aliphatic carboxylic acids is 1. The van der Waals surface area contributed by atoms with Crippen molar-refractivity contribution in [2.24, 2.45) is 5.92 Å². The first-order chi connectivity index (χ1) is 20.8. The number of rotatable bonds is 12. The highest BCUT2D eigenvalue weighted by Crippen LogP contribution is 2.32. The lowest BCUT2D eigenvalue weighted by Gasteiger charge is -2.31. The van der Waals surface area contributed by atoms with Crippen LogP contribution in [-0.4, -0.2) is 55.7 Å². The van der Waals surface area contributed by atoms with Crippen molar-refractivity contribution in [3.05, 3.63) is 84.4 Å². The molecule has 10 nitrogen and oxygen atoms in total. The molecule has 1 aliphatic rings. The van der Waals surface area contributed by atoms with Crippen molar-refractivity contribution < 1.29 is 29.0 Å². The smallest absolute Gasteiger partial charge is 0.319 e. The first-order valence-electron chi connectivity index (χ1n) is 14.5. The molecule has 0 heterocycles. The molecular formula is C33H38N4O6. The Kier molecular flexibility index (Phi) is 11.1. The lowest BCUT2D eigenvalue weighted by atomic mass is 9.89. The number of urea groups is 1. The molecule has 1 fully saturated rings. The van der Waals surface area contributed by atoms with Gasteiger partial charge in [0.1, 0.15) is 5.75 Å². The van der Waals surface area contributed by atoms with E-state index in [2.05, 4.69) is 10.6 Å². The summed E-state index contributed by atoms with van der Waals surface area (Å²) in [6, 6.07) is 22.3. The van der Waals surface area contributed by atoms with Crippen LogP contribution in [0.5, 0.6) is 5.75 Å². The summed E-state index contributed by atoms with van der Waals surface area (Å²) in [5, 5.41) is 14.3. The molecule has 0 atom stereocenters. The molecule has 0 saturated heterocycles. The Hall–Kier alpha value is -4.86. The van der Waals surface area contributed by atoms with Gasteiger partial charge in [0.25, 0.3) is 5.91 Å². The van der Waals surface area contributed by atoms with Gasteiger partial charge >= 0.3 is 12.0 Å². The number of ether oxygens (including phenoxy) is 1. The molecule has 10 heteroatoms. The van der Waals surface area contributed by atoms with E-state index in [0.29, 0.717) is 35.2 Å². The molecule has 1 saturated carbocycles. The number of para-hydroxylation sites is 3. The third-order valence-corrected chi connectivity index (χ3v) is 7.43. The van der Waals surface area contributed by atoms with E-state index in [1.54, 1.807) is 54.4 Å². The van der Waals surface area contributed by atoms with Gasteiger partial charge in [0.15, 0.2) is 6.61 Å². The third kappa shape index (κ3) is 9.32. The summed E-state index contributed by atoms with van der Waals surface area (Å²) in [5.74, 6) is -0.813. The van der Waals surface area contributed by atoms with Gasteiger partial charge < -0.3 is 30.3 Å². The average molecular weight is 587 g/mol. The highest BCUT2D eigenvalue weighted by atomic mass is 16.5. The van der Waals surface area contributed by atoms with Gasteiger partial charge in [-0.15, -0.1) is 0 Å². The van der Waals surface area contributed by atoms with Gasteiger partial charge in [-0.25, -0.2) is 4.79 Å². The van der Waals surface area contributed by atoms with Crippen LogP contribution in [0.1, 0.15) is 37.7 Å². The number of benzene rings is 3. The van der Waals surface area contributed by atoms with E-state index < -0.39 is 12.0 Å². The Morgan fingerprint density at radius 2 is 1.60 bits per heavy atom. The first kappa shape index (κ1) is 31.1. The van der Waals surface area contributed by atoms with E-state index in [4.69, 9.17) is 9.84 Å². The van der Waals surface area contributed by atoms with Crippen LogP contribution in [0.15, 0.2) is 78.9 Å². The summed E-state index contributed by atoms with van der Waals surface area (Å²) < 4.78 is 5.98. The van der Waals surface area contributed by atoms with Crippen LogP contribution in [0, 0.1) is 5.92 Å². The number of carboxylic acid groups (broad SMARTS) is 1. The topological polar surface area (TPSA) is 128 Å². The van der Waals surface area contributed by atoms with E-state index >= 15 is 0 Å². The van der Waals surface area contributed by atoms with Crippen molar-refractivity contribution in [3.8, 4) is 5.75 Å². The van der Waals surface area contributed by atoms with Crippen LogP contribution in [0.3, 0.4) is 0 Å². The summed E-state index contributed by atoms with van der Waals surface area (Å²) >= 11 is 0. The van der Waals surface area contributed by atoms with E-state index in [1.807, 2.05) is 36.4 Å². The van der Waals surface area contributed by atoms with E-state index in [1.165, 1.54) is 11.3 Å². The Morgan fingerprint density at radius 1 is 0.884 bits per heavy atom. The number of nitrogens with zero attached hydrogens (tertiary/aromatic N) is 2. The van der Waals surface area contributed by atoms with Crippen molar-refractivity contribution >= 4 is 40.9 Å². The second kappa shape index (κ2) is 15.4. The van der Waals surface area contributed by atoms with Gasteiger partial charge in [0.05, 0.1) is 18.7 Å². The molecule has 1 aliphatic carbocycles. The zero-order chi connectivity index (χ0) is 30.6. The molecule has 4 amide bonds. The van der Waals surface area contributed by atoms with Crippen LogP contribution >= 0.6 is 0 Å². The summed E-state index contributed by atoms with van der Waals surface area (Å²) in [6.45, 7) is -0.00948. The quantitative estimate of drug-likeness (QED) is 0.271. The molecule has 0 aromatic heterocycles. The fourth-order valence-corrected chi connectivity index (χ4v) is 5.16. The molecule has 43 heavy (non-hydrogen) atoms. The predicted molar refractivity (Wildman–Crippen MR) is 166 cm³/mol. The summed E-state index contributed by atoms with van der Waals surface area (Å²) in [6.07, 6.45) is 5.24. The van der Waals surface area contributed by atoms with E-state index in [-0.39, 0.29) is 31.4 Å². The largest absolute Gasteiger partial charge is 0.482 e. The SMILES string of the molecule is CN(C(=O)COc1ccccc1N(CC1CCCCC1)C(=O)CNC(=O)Nc1cccc(CC(=O)O)c1)c1ccccc1. The van der Waals surface area contributed by atoms with Crippen LogP contribution in [0.4, 0.5) is 21.9 Å². The minimum absolute atomic E-state index is 0.165. The van der Waals surface area contributed by atoms with Gasteiger partial charge in [-0.05, 0) is 60.7 Å². The maximum atomic E-state index is 13.6. The molecule has 0 radical (unpaired) electrons. The number of nitrogens with one attached hydrogen (secondary N) is 2. The van der Waals surface area contributed by atoms with Crippen molar-refractivity contribution in [2.45, 2.75) is 38.5 Å². The van der Waals surface area contributed by atoms with Crippen molar-refractivity contribution in [2.75, 3.05) is 41.9 Å². The van der Waals surface area contributed by atoms with Gasteiger partial charge in [-0.1, -0.05) is 61.7 Å². The minimum atomic E-state index is -0.970. The van der Waals surface area contributed by atoms with Crippen molar-refractivity contribution in [3.63, 3.8) is 0 Å². The maximum Gasteiger partial charge on any atom is 0.319 e. The molecule has 3 N–H and O–H groups in total. The average Bonchev–Trinajstić information content (AvgIpc) is 3.02. The number of hydrogen-bond acceptors (Lipinski definition) is 5. The lowest BCUT2D eigenvalue weighted by molar-refractivity contribution is -0.136. The van der Waals surface area contributed by atoms with Gasteiger partial charge in [-0.2, -0.15) is 0 Å². The Morgan fingerprint density at radius 3 is 2.35 bits per heavy atom. The lowest BCUT2D eigenvalue weighted by Crippen LogP contribution is -2.44. The predicted octanol–water partition coefficient (Wildman–Crippen LogP) is 5.09. The van der Waals surface area contributed by atoms with Crippen LogP contribution in [-0.2, 0) is 20.8 Å². The molecule has 3 aromatic rings. The van der Waals surface area contributed by atoms with Crippen LogP contribution < -0.4 is 25.2 Å². The number of hydrogen-bond donors (Lipinski definition) is 3. The van der Waals surface area contributed by atoms with Crippen LogP contribution in [0.2, 0.25) is 0 Å². The minimum Gasteiger partial charge on any atom is -0.482 e. The summed E-state index contributed by atoms with van der Waals surface area (Å²) in [7, 11) is 1.69. The molecule has 226 valence electrons. The molecule has 3 aromatic carbocycles.